The fourth-order valence-electron chi connectivity index (χ4n) is 3.31. The first kappa shape index (κ1) is 15.4. The highest BCUT2D eigenvalue weighted by Crippen LogP contribution is 2.22. The molecule has 5 nitrogen and oxygen atoms in total. The summed E-state index contributed by atoms with van der Waals surface area (Å²) in [5, 5.41) is 20.1. The molecule has 0 aliphatic carbocycles. The maximum Gasteiger partial charge on any atom is 0.152 e. The van der Waals surface area contributed by atoms with Gasteiger partial charge in [-0.25, -0.2) is 4.98 Å². The van der Waals surface area contributed by atoms with E-state index in [0.29, 0.717) is 12.4 Å². The van der Waals surface area contributed by atoms with Crippen molar-refractivity contribution in [1.82, 2.24) is 14.9 Å². The molecule has 5 heteroatoms. The quantitative estimate of drug-likeness (QED) is 0.570. The van der Waals surface area contributed by atoms with Crippen LogP contribution in [0.2, 0.25) is 0 Å². The molecule has 1 aliphatic rings. The van der Waals surface area contributed by atoms with Gasteiger partial charge < -0.3 is 10.1 Å². The molecule has 4 rings (SSSR count). The van der Waals surface area contributed by atoms with Crippen molar-refractivity contribution in [3.05, 3.63) is 71.2 Å². The molecule has 25 heavy (non-hydrogen) atoms. The van der Waals surface area contributed by atoms with Crippen molar-refractivity contribution in [2.24, 2.45) is 0 Å². The Kier molecular flexibility index (Phi) is 3.96. The van der Waals surface area contributed by atoms with Gasteiger partial charge in [-0.2, -0.15) is 5.26 Å². The highest BCUT2D eigenvalue weighted by Gasteiger charge is 2.19. The van der Waals surface area contributed by atoms with Crippen LogP contribution in [0.4, 0.5) is 0 Å². The maximum absolute atomic E-state index is 10.5. The lowest BCUT2D eigenvalue weighted by Crippen LogP contribution is -2.32. The molecule has 0 bridgehead atoms. The highest BCUT2D eigenvalue weighted by molar-refractivity contribution is 5.82. The lowest BCUT2D eigenvalue weighted by molar-refractivity contribution is 0.235. The van der Waals surface area contributed by atoms with E-state index in [1.54, 1.807) is 0 Å². The Morgan fingerprint density at radius 2 is 1.92 bits per heavy atom. The zero-order chi connectivity index (χ0) is 17.2. The summed E-state index contributed by atoms with van der Waals surface area (Å²) in [6.07, 6.45) is 0.954. The molecule has 2 aromatic carbocycles. The number of H-pyrrole nitrogens is 1. The number of nitrogens with zero attached hydrogens (tertiary/aromatic N) is 3. The fourth-order valence-corrected chi connectivity index (χ4v) is 3.31. The number of benzene rings is 2. The average Bonchev–Trinajstić information content (AvgIpc) is 3.05. The van der Waals surface area contributed by atoms with Crippen molar-refractivity contribution in [2.75, 3.05) is 13.1 Å². The molecule has 3 aromatic rings. The molecule has 0 spiro atoms. The van der Waals surface area contributed by atoms with Gasteiger partial charge >= 0.3 is 0 Å². The zero-order valence-corrected chi connectivity index (χ0v) is 13.7. The molecule has 0 unspecified atom stereocenters. The van der Waals surface area contributed by atoms with Crippen LogP contribution in [0.15, 0.2) is 54.3 Å². The molecule has 0 saturated carbocycles. The third-order valence-electron chi connectivity index (χ3n) is 4.61. The van der Waals surface area contributed by atoms with Crippen LogP contribution in [-0.4, -0.2) is 33.1 Å². The number of aliphatic hydroxyl groups is 1. The number of imidazole rings is 1. The van der Waals surface area contributed by atoms with E-state index in [4.69, 9.17) is 0 Å². The second-order valence-electron chi connectivity index (χ2n) is 6.27. The molecule has 1 aliphatic heterocycles. The summed E-state index contributed by atoms with van der Waals surface area (Å²) in [6, 6.07) is 18.0. The van der Waals surface area contributed by atoms with Gasteiger partial charge in [-0.3, -0.25) is 4.90 Å². The summed E-state index contributed by atoms with van der Waals surface area (Å²) < 4.78 is 0. The zero-order valence-electron chi connectivity index (χ0n) is 13.7. The summed E-state index contributed by atoms with van der Waals surface area (Å²) in [5.41, 5.74) is 4.48. The molecule has 2 N–H and O–H groups in total. The number of hydrogen-bond acceptors (Lipinski definition) is 4. The van der Waals surface area contributed by atoms with Gasteiger partial charge in [-0.15, -0.1) is 0 Å². The van der Waals surface area contributed by atoms with Crippen molar-refractivity contribution in [2.45, 2.75) is 13.0 Å². The summed E-state index contributed by atoms with van der Waals surface area (Å²) in [4.78, 5) is 9.68. The average molecular weight is 330 g/mol. The number of fused-ring (bicyclic) bond motifs is 2. The molecule has 0 saturated heterocycles. The maximum atomic E-state index is 10.5. The SMILES string of the molecule is N#C/C(=C(/O)CN1CCc2ccccc2C1)c1nc2ccccc2[nH]1. The topological polar surface area (TPSA) is 75.9 Å². The van der Waals surface area contributed by atoms with Crippen molar-refractivity contribution in [3.8, 4) is 6.07 Å². The van der Waals surface area contributed by atoms with Crippen molar-refractivity contribution in [3.63, 3.8) is 0 Å². The van der Waals surface area contributed by atoms with Crippen LogP contribution in [0.1, 0.15) is 17.0 Å². The molecule has 124 valence electrons. The van der Waals surface area contributed by atoms with Crippen LogP contribution in [0.5, 0.6) is 0 Å². The fraction of sp³-hybridized carbons (Fsp3) is 0.200. The van der Waals surface area contributed by atoms with Crippen LogP contribution in [-0.2, 0) is 13.0 Å². The van der Waals surface area contributed by atoms with E-state index in [1.165, 1.54) is 11.1 Å². The van der Waals surface area contributed by atoms with E-state index in [9.17, 15) is 10.4 Å². The number of aromatic nitrogens is 2. The number of para-hydroxylation sites is 2. The van der Waals surface area contributed by atoms with Gasteiger partial charge in [0.15, 0.2) is 5.82 Å². The minimum Gasteiger partial charge on any atom is -0.509 e. The van der Waals surface area contributed by atoms with E-state index < -0.39 is 0 Å². The number of aromatic amines is 1. The standard InChI is InChI=1S/C20H18N4O/c21-11-16(20-22-17-7-3-4-8-18(17)23-20)19(25)13-24-10-9-14-5-1-2-6-15(14)12-24/h1-8,25H,9-10,12-13H2,(H,22,23)/b19-16-. The minimum atomic E-state index is 0.0564. The normalized spacial score (nSPS) is 15.5. The summed E-state index contributed by atoms with van der Waals surface area (Å²) in [7, 11) is 0. The number of nitriles is 1. The number of rotatable bonds is 3. The number of aliphatic hydroxyl groups excluding tert-OH is 1. The van der Waals surface area contributed by atoms with Crippen molar-refractivity contribution >= 4 is 16.6 Å². The Labute approximate surface area is 145 Å². The van der Waals surface area contributed by atoms with E-state index in [0.717, 1.165) is 30.5 Å². The molecule has 0 amide bonds. The smallest absolute Gasteiger partial charge is 0.152 e. The Hall–Kier alpha value is -3.10. The Balaban J connectivity index is 1.59. The highest BCUT2D eigenvalue weighted by atomic mass is 16.3. The van der Waals surface area contributed by atoms with Crippen LogP contribution in [0.25, 0.3) is 16.6 Å². The largest absolute Gasteiger partial charge is 0.509 e. The summed E-state index contributed by atoms with van der Waals surface area (Å²) >= 11 is 0. The van der Waals surface area contributed by atoms with Gasteiger partial charge in [0.25, 0.3) is 0 Å². The first-order valence-corrected chi connectivity index (χ1v) is 8.31. The van der Waals surface area contributed by atoms with Gasteiger partial charge in [0.05, 0.1) is 17.6 Å². The van der Waals surface area contributed by atoms with Crippen LogP contribution >= 0.6 is 0 Å². The molecule has 0 fully saturated rings. The molecule has 0 radical (unpaired) electrons. The van der Waals surface area contributed by atoms with Crippen LogP contribution in [0.3, 0.4) is 0 Å². The van der Waals surface area contributed by atoms with Crippen LogP contribution < -0.4 is 0 Å². The molecular weight excluding hydrogens is 312 g/mol. The lowest BCUT2D eigenvalue weighted by Gasteiger charge is -2.28. The predicted octanol–water partition coefficient (Wildman–Crippen LogP) is 3.41. The van der Waals surface area contributed by atoms with Crippen molar-refractivity contribution < 1.29 is 5.11 Å². The third-order valence-corrected chi connectivity index (χ3v) is 4.61. The lowest BCUT2D eigenvalue weighted by atomic mass is 10.00. The monoisotopic (exact) mass is 330 g/mol. The van der Waals surface area contributed by atoms with Gasteiger partial charge in [-0.1, -0.05) is 36.4 Å². The van der Waals surface area contributed by atoms with E-state index >= 15 is 0 Å². The molecule has 1 aromatic heterocycles. The molecular formula is C20H18N4O. The molecule has 2 heterocycles. The summed E-state index contributed by atoms with van der Waals surface area (Å²) in [5.74, 6) is 0.472. The van der Waals surface area contributed by atoms with Gasteiger partial charge in [0.1, 0.15) is 17.4 Å². The van der Waals surface area contributed by atoms with Crippen molar-refractivity contribution in [1.29, 1.82) is 5.26 Å². The number of allylic oxidation sites excluding steroid dienone is 1. The second kappa shape index (κ2) is 6.42. The minimum absolute atomic E-state index is 0.0564. The van der Waals surface area contributed by atoms with E-state index in [1.807, 2.05) is 30.3 Å². The Morgan fingerprint density at radius 1 is 1.16 bits per heavy atom. The summed E-state index contributed by atoms with van der Waals surface area (Å²) in [6.45, 7) is 1.98. The predicted molar refractivity (Wildman–Crippen MR) is 96.7 cm³/mol. The first-order valence-electron chi connectivity index (χ1n) is 8.31. The Morgan fingerprint density at radius 3 is 2.72 bits per heavy atom. The van der Waals surface area contributed by atoms with Crippen LogP contribution in [0, 0.1) is 11.3 Å². The number of nitrogens with one attached hydrogen (secondary N) is 1. The third kappa shape index (κ3) is 3.00. The van der Waals surface area contributed by atoms with Gasteiger partial charge in [-0.05, 0) is 29.7 Å². The number of hydrogen-bond donors (Lipinski definition) is 2. The van der Waals surface area contributed by atoms with Gasteiger partial charge in [0.2, 0.25) is 0 Å². The molecule has 0 atom stereocenters. The Bertz CT molecular complexity index is 963. The first-order chi connectivity index (χ1) is 12.2. The van der Waals surface area contributed by atoms with Gasteiger partial charge in [0, 0.05) is 13.1 Å². The second-order valence-corrected chi connectivity index (χ2v) is 6.27. The van der Waals surface area contributed by atoms with E-state index in [-0.39, 0.29) is 11.3 Å². The van der Waals surface area contributed by atoms with E-state index in [2.05, 4.69) is 39.1 Å².